The molecule has 0 spiro atoms. The number of rotatable bonds is 3. The largest absolute Gasteiger partial charge is 0.468 e. The van der Waals surface area contributed by atoms with Crippen LogP contribution >= 0.6 is 0 Å². The molecule has 0 aromatic heterocycles. The molecule has 0 saturated carbocycles. The molecule has 1 unspecified atom stereocenters. The normalized spacial score (nSPS) is 20.7. The summed E-state index contributed by atoms with van der Waals surface area (Å²) in [6, 6.07) is 8.52. The third-order valence-electron chi connectivity index (χ3n) is 3.63. The summed E-state index contributed by atoms with van der Waals surface area (Å²) in [5.74, 6) is -0.197. The Kier molecular flexibility index (Phi) is 4.37. The second-order valence-electron chi connectivity index (χ2n) is 4.91. The van der Waals surface area contributed by atoms with Crippen molar-refractivity contribution in [3.63, 3.8) is 0 Å². The van der Waals surface area contributed by atoms with Crippen LogP contribution in [0.4, 0.5) is 0 Å². The fourth-order valence-electron chi connectivity index (χ4n) is 2.64. The first-order valence-corrected chi connectivity index (χ1v) is 6.64. The number of nitrogens with one attached hydrogen (secondary N) is 1. The highest BCUT2D eigenvalue weighted by atomic mass is 16.5. The zero-order valence-electron chi connectivity index (χ0n) is 11.1. The predicted octanol–water partition coefficient (Wildman–Crippen LogP) is 2.61. The van der Waals surface area contributed by atoms with Gasteiger partial charge in [-0.1, -0.05) is 30.7 Å². The first-order valence-electron chi connectivity index (χ1n) is 6.64. The highest BCUT2D eigenvalue weighted by Gasteiger charge is 2.22. The quantitative estimate of drug-likeness (QED) is 0.659. The van der Waals surface area contributed by atoms with E-state index in [1.54, 1.807) is 0 Å². The average molecular weight is 247 g/mol. The fourth-order valence-corrected chi connectivity index (χ4v) is 2.64. The molecule has 0 aliphatic heterocycles. The van der Waals surface area contributed by atoms with Crippen LogP contribution in [0.5, 0.6) is 0 Å². The Morgan fingerprint density at radius 2 is 2.17 bits per heavy atom. The molecule has 3 nitrogen and oxygen atoms in total. The lowest BCUT2D eigenvalue weighted by molar-refractivity contribution is -0.142. The van der Waals surface area contributed by atoms with Crippen molar-refractivity contribution >= 4 is 5.97 Å². The summed E-state index contributed by atoms with van der Waals surface area (Å²) in [6.45, 7) is 1.86. The molecule has 98 valence electrons. The average Bonchev–Trinajstić information content (AvgIpc) is 2.60. The maximum atomic E-state index is 11.5. The molecule has 0 amide bonds. The lowest BCUT2D eigenvalue weighted by Crippen LogP contribution is -2.37. The van der Waals surface area contributed by atoms with Gasteiger partial charge >= 0.3 is 5.97 Å². The summed E-state index contributed by atoms with van der Waals surface area (Å²) in [6.07, 6.45) is 4.64. The molecule has 1 aromatic rings. The van der Waals surface area contributed by atoms with E-state index < -0.39 is 0 Å². The van der Waals surface area contributed by atoms with Gasteiger partial charge < -0.3 is 4.74 Å². The summed E-state index contributed by atoms with van der Waals surface area (Å²) < 4.78 is 4.77. The minimum atomic E-state index is -0.258. The Labute approximate surface area is 109 Å². The van der Waals surface area contributed by atoms with Crippen molar-refractivity contribution < 1.29 is 9.53 Å². The van der Waals surface area contributed by atoms with Crippen LogP contribution in [0.15, 0.2) is 24.3 Å². The maximum Gasteiger partial charge on any atom is 0.322 e. The molecule has 1 aliphatic rings. The Balaban J connectivity index is 2.15. The van der Waals surface area contributed by atoms with Gasteiger partial charge in [-0.15, -0.1) is 0 Å². The number of fused-ring (bicyclic) bond motifs is 1. The number of aryl methyl sites for hydroxylation is 1. The highest BCUT2D eigenvalue weighted by molar-refractivity contribution is 5.75. The van der Waals surface area contributed by atoms with Gasteiger partial charge in [-0.05, 0) is 37.3 Å². The molecule has 1 aromatic carbocycles. The van der Waals surface area contributed by atoms with E-state index in [4.69, 9.17) is 4.74 Å². The van der Waals surface area contributed by atoms with Gasteiger partial charge in [0.05, 0.1) is 7.11 Å². The van der Waals surface area contributed by atoms with Gasteiger partial charge in [-0.3, -0.25) is 10.1 Å². The van der Waals surface area contributed by atoms with E-state index in [1.165, 1.54) is 31.1 Å². The van der Waals surface area contributed by atoms with Crippen molar-refractivity contribution in [2.75, 3.05) is 7.11 Å². The van der Waals surface area contributed by atoms with Crippen LogP contribution in [0, 0.1) is 0 Å². The predicted molar refractivity (Wildman–Crippen MR) is 71.4 cm³/mol. The second kappa shape index (κ2) is 6.01. The molecule has 1 N–H and O–H groups in total. The smallest absolute Gasteiger partial charge is 0.322 e. The van der Waals surface area contributed by atoms with Gasteiger partial charge in [0, 0.05) is 6.04 Å². The molecular weight excluding hydrogens is 226 g/mol. The molecule has 1 aliphatic carbocycles. The van der Waals surface area contributed by atoms with Gasteiger partial charge in [-0.25, -0.2) is 0 Å². The van der Waals surface area contributed by atoms with Crippen molar-refractivity contribution in [2.45, 2.75) is 44.7 Å². The van der Waals surface area contributed by atoms with Gasteiger partial charge in [0.25, 0.3) is 0 Å². The number of ether oxygens (including phenoxy) is 1. The first kappa shape index (κ1) is 13.1. The van der Waals surface area contributed by atoms with E-state index >= 15 is 0 Å². The Morgan fingerprint density at radius 3 is 2.94 bits per heavy atom. The zero-order chi connectivity index (χ0) is 13.0. The number of esters is 1. The molecule has 0 bridgehead atoms. The highest BCUT2D eigenvalue weighted by Crippen LogP contribution is 2.28. The monoisotopic (exact) mass is 247 g/mol. The fraction of sp³-hybridized carbons (Fsp3) is 0.533. The molecule has 2 atom stereocenters. The van der Waals surface area contributed by atoms with Crippen LogP contribution in [0.25, 0.3) is 0 Å². The van der Waals surface area contributed by atoms with Crippen LogP contribution in [-0.2, 0) is 16.0 Å². The van der Waals surface area contributed by atoms with E-state index in [9.17, 15) is 4.79 Å². The molecule has 2 rings (SSSR count). The summed E-state index contributed by atoms with van der Waals surface area (Å²) >= 11 is 0. The number of methoxy groups -OCH3 is 1. The van der Waals surface area contributed by atoms with E-state index in [1.807, 2.05) is 6.92 Å². The van der Waals surface area contributed by atoms with Crippen LogP contribution in [0.3, 0.4) is 0 Å². The standard InChI is InChI=1S/C15H21NO2/c1-11(15(17)18-2)16-14-10-6-4-8-12-7-3-5-9-13(12)14/h3,5,7,9,11,14,16H,4,6,8,10H2,1-2H3/t11-,14?/m0/s1. The van der Waals surface area contributed by atoms with Crippen molar-refractivity contribution in [3.05, 3.63) is 35.4 Å². The van der Waals surface area contributed by atoms with E-state index in [0.717, 1.165) is 12.8 Å². The maximum absolute atomic E-state index is 11.5. The van der Waals surface area contributed by atoms with Crippen LogP contribution in [0.1, 0.15) is 43.4 Å². The van der Waals surface area contributed by atoms with E-state index in [2.05, 4.69) is 29.6 Å². The summed E-state index contributed by atoms with van der Waals surface area (Å²) in [5.41, 5.74) is 2.75. The van der Waals surface area contributed by atoms with Crippen LogP contribution < -0.4 is 5.32 Å². The van der Waals surface area contributed by atoms with Gasteiger partial charge in [0.2, 0.25) is 0 Å². The van der Waals surface area contributed by atoms with Gasteiger partial charge in [0.1, 0.15) is 6.04 Å². The Bertz CT molecular complexity index is 417. The molecule has 0 radical (unpaired) electrons. The molecule has 3 heteroatoms. The van der Waals surface area contributed by atoms with Crippen LogP contribution in [0.2, 0.25) is 0 Å². The third kappa shape index (κ3) is 2.91. The molecule has 0 heterocycles. The number of benzene rings is 1. The SMILES string of the molecule is COC(=O)[C@H](C)NC1CCCCc2ccccc21. The number of hydrogen-bond donors (Lipinski definition) is 1. The number of carbonyl (C=O) groups is 1. The number of carbonyl (C=O) groups excluding carboxylic acids is 1. The minimum Gasteiger partial charge on any atom is -0.468 e. The molecule has 18 heavy (non-hydrogen) atoms. The lowest BCUT2D eigenvalue weighted by Gasteiger charge is -2.22. The molecule has 0 fully saturated rings. The third-order valence-corrected chi connectivity index (χ3v) is 3.63. The van der Waals surface area contributed by atoms with Crippen molar-refractivity contribution in [1.82, 2.24) is 5.32 Å². The van der Waals surface area contributed by atoms with Crippen LogP contribution in [-0.4, -0.2) is 19.1 Å². The summed E-state index contributed by atoms with van der Waals surface area (Å²) in [5, 5.41) is 3.39. The van der Waals surface area contributed by atoms with E-state index in [-0.39, 0.29) is 18.1 Å². The first-order chi connectivity index (χ1) is 8.72. The molecule has 0 saturated heterocycles. The Hall–Kier alpha value is -1.35. The van der Waals surface area contributed by atoms with Gasteiger partial charge in [-0.2, -0.15) is 0 Å². The van der Waals surface area contributed by atoms with Gasteiger partial charge in [0.15, 0.2) is 0 Å². The Morgan fingerprint density at radius 1 is 1.39 bits per heavy atom. The number of hydrogen-bond acceptors (Lipinski definition) is 3. The molecular formula is C15H21NO2. The topological polar surface area (TPSA) is 38.3 Å². The van der Waals surface area contributed by atoms with E-state index in [0.29, 0.717) is 0 Å². The van der Waals surface area contributed by atoms with Crippen molar-refractivity contribution in [1.29, 1.82) is 0 Å². The van der Waals surface area contributed by atoms with Crippen molar-refractivity contribution in [3.8, 4) is 0 Å². The zero-order valence-corrected chi connectivity index (χ0v) is 11.1. The lowest BCUT2D eigenvalue weighted by atomic mass is 9.98. The minimum absolute atomic E-state index is 0.197. The summed E-state index contributed by atoms with van der Waals surface area (Å²) in [4.78, 5) is 11.5. The second-order valence-corrected chi connectivity index (χ2v) is 4.91. The van der Waals surface area contributed by atoms with Crippen molar-refractivity contribution in [2.24, 2.45) is 0 Å². The summed E-state index contributed by atoms with van der Waals surface area (Å²) in [7, 11) is 1.43.